The van der Waals surface area contributed by atoms with Gasteiger partial charge in [0.2, 0.25) is 5.67 Å². The number of ether oxygens (including phenoxy) is 1. The average Bonchev–Trinajstić information content (AvgIpc) is 2.52. The van der Waals surface area contributed by atoms with Crippen molar-refractivity contribution >= 4 is 5.91 Å². The molecule has 72 valence electrons. The van der Waals surface area contributed by atoms with E-state index in [0.29, 0.717) is 6.61 Å². The van der Waals surface area contributed by atoms with Gasteiger partial charge < -0.3 is 9.64 Å². The second kappa shape index (κ2) is 3.75. The van der Waals surface area contributed by atoms with E-state index in [4.69, 9.17) is 11.2 Å². The lowest BCUT2D eigenvalue weighted by Gasteiger charge is -2.22. The third-order valence-corrected chi connectivity index (χ3v) is 2.03. The second-order valence-corrected chi connectivity index (χ2v) is 3.13. The molecule has 4 heteroatoms. The summed E-state index contributed by atoms with van der Waals surface area (Å²) in [6, 6.07) is 0. The van der Waals surface area contributed by atoms with Crippen LogP contribution in [0.3, 0.4) is 0 Å². The maximum atomic E-state index is 13.7. The molecule has 1 aliphatic heterocycles. The molecule has 0 aromatic rings. The van der Waals surface area contributed by atoms with Gasteiger partial charge in [0.15, 0.2) is 0 Å². The van der Waals surface area contributed by atoms with Crippen molar-refractivity contribution in [2.45, 2.75) is 12.1 Å². The minimum Gasteiger partial charge on any atom is -0.377 e. The van der Waals surface area contributed by atoms with Crippen LogP contribution in [0, 0.1) is 12.3 Å². The van der Waals surface area contributed by atoms with Crippen LogP contribution in [0.2, 0.25) is 0 Å². The smallest absolute Gasteiger partial charge is 0.263 e. The van der Waals surface area contributed by atoms with Crippen LogP contribution in [0.4, 0.5) is 4.39 Å². The minimum atomic E-state index is -1.86. The summed E-state index contributed by atoms with van der Waals surface area (Å²) in [5, 5.41) is 0. The summed E-state index contributed by atoms with van der Waals surface area (Å²) in [6.07, 6.45) is 5.14. The predicted octanol–water partition coefficient (Wildman–Crippen LogP) is 0.207. The van der Waals surface area contributed by atoms with Crippen LogP contribution < -0.4 is 0 Å². The lowest BCUT2D eigenvalue weighted by Crippen LogP contribution is -2.44. The van der Waals surface area contributed by atoms with Crippen molar-refractivity contribution in [1.82, 2.24) is 4.90 Å². The Bertz CT molecular complexity index is 240. The van der Waals surface area contributed by atoms with Crippen molar-refractivity contribution in [3.8, 4) is 12.3 Å². The molecule has 13 heavy (non-hydrogen) atoms. The Labute approximate surface area is 76.9 Å². The molecular weight excluding hydrogens is 173 g/mol. The largest absolute Gasteiger partial charge is 0.377 e. The first-order valence-electron chi connectivity index (χ1n) is 4.06. The molecule has 0 N–H and O–H groups in total. The molecule has 3 nitrogen and oxygen atoms in total. The normalized spacial score (nSPS) is 26.8. The summed E-state index contributed by atoms with van der Waals surface area (Å²) in [5.41, 5.74) is -1.86. The van der Waals surface area contributed by atoms with E-state index in [9.17, 15) is 9.18 Å². The molecule has 0 radical (unpaired) electrons. The van der Waals surface area contributed by atoms with Crippen LogP contribution in [0.1, 0.15) is 6.42 Å². The van der Waals surface area contributed by atoms with E-state index in [0.717, 1.165) is 0 Å². The maximum absolute atomic E-state index is 13.7. The fourth-order valence-electron chi connectivity index (χ4n) is 1.26. The van der Waals surface area contributed by atoms with Crippen LogP contribution in [-0.4, -0.2) is 43.3 Å². The standard InChI is InChI=1S/C9H12FNO2/c1-3-5-11(2)8(12)9(10)4-6-13-7-9/h1H,4-7H2,2H3. The molecule has 0 spiro atoms. The third kappa shape index (κ3) is 1.99. The molecule has 1 rings (SSSR count). The summed E-state index contributed by atoms with van der Waals surface area (Å²) in [5.74, 6) is 1.71. The van der Waals surface area contributed by atoms with Gasteiger partial charge in [0, 0.05) is 13.5 Å². The number of halogens is 1. The lowest BCUT2D eigenvalue weighted by atomic mass is 10.0. The van der Waals surface area contributed by atoms with E-state index in [-0.39, 0.29) is 19.6 Å². The van der Waals surface area contributed by atoms with Crippen LogP contribution in [0.15, 0.2) is 0 Å². The molecule has 1 atom stereocenters. The number of carbonyl (C=O) groups is 1. The predicted molar refractivity (Wildman–Crippen MR) is 45.7 cm³/mol. The summed E-state index contributed by atoms with van der Waals surface area (Å²) in [7, 11) is 1.49. The van der Waals surface area contributed by atoms with Crippen LogP contribution in [-0.2, 0) is 9.53 Å². The fraction of sp³-hybridized carbons (Fsp3) is 0.667. The van der Waals surface area contributed by atoms with Gasteiger partial charge in [0.25, 0.3) is 5.91 Å². The monoisotopic (exact) mass is 185 g/mol. The Morgan fingerprint density at radius 1 is 1.85 bits per heavy atom. The van der Waals surface area contributed by atoms with Crippen molar-refractivity contribution in [2.24, 2.45) is 0 Å². The zero-order valence-electron chi connectivity index (χ0n) is 7.55. The second-order valence-electron chi connectivity index (χ2n) is 3.13. The Morgan fingerprint density at radius 2 is 2.54 bits per heavy atom. The number of hydrogen-bond acceptors (Lipinski definition) is 2. The van der Waals surface area contributed by atoms with Gasteiger partial charge >= 0.3 is 0 Å². The van der Waals surface area contributed by atoms with Gasteiger partial charge in [-0.1, -0.05) is 5.92 Å². The minimum absolute atomic E-state index is 0.126. The molecule has 0 bridgehead atoms. The van der Waals surface area contributed by atoms with Crippen LogP contribution in [0.25, 0.3) is 0 Å². The number of terminal acetylenes is 1. The fourth-order valence-corrected chi connectivity index (χ4v) is 1.26. The molecule has 0 aromatic heterocycles. The first-order valence-corrected chi connectivity index (χ1v) is 4.06. The van der Waals surface area contributed by atoms with E-state index in [1.807, 2.05) is 0 Å². The highest BCUT2D eigenvalue weighted by molar-refractivity contribution is 5.85. The molecule has 1 saturated heterocycles. The first-order chi connectivity index (χ1) is 6.10. The van der Waals surface area contributed by atoms with E-state index in [2.05, 4.69) is 5.92 Å². The molecule has 0 saturated carbocycles. The highest BCUT2D eigenvalue weighted by atomic mass is 19.1. The van der Waals surface area contributed by atoms with E-state index < -0.39 is 11.6 Å². The first kappa shape index (κ1) is 10.0. The average molecular weight is 185 g/mol. The Balaban J connectivity index is 2.61. The lowest BCUT2D eigenvalue weighted by molar-refractivity contribution is -0.142. The number of carbonyl (C=O) groups excluding carboxylic acids is 1. The molecule has 1 amide bonds. The Kier molecular flexibility index (Phi) is 2.89. The Hall–Kier alpha value is -1.08. The number of rotatable bonds is 2. The van der Waals surface area contributed by atoms with Crippen molar-refractivity contribution in [3.63, 3.8) is 0 Å². The summed E-state index contributed by atoms with van der Waals surface area (Å²) in [4.78, 5) is 12.6. The number of nitrogens with zero attached hydrogens (tertiary/aromatic N) is 1. The van der Waals surface area contributed by atoms with Crippen molar-refractivity contribution in [1.29, 1.82) is 0 Å². The van der Waals surface area contributed by atoms with Crippen LogP contribution >= 0.6 is 0 Å². The molecule has 0 aliphatic carbocycles. The summed E-state index contributed by atoms with van der Waals surface area (Å²) < 4.78 is 18.5. The molecule has 1 fully saturated rings. The number of hydrogen-bond donors (Lipinski definition) is 0. The molecular formula is C9H12FNO2. The van der Waals surface area contributed by atoms with Gasteiger partial charge in [-0.15, -0.1) is 6.42 Å². The van der Waals surface area contributed by atoms with E-state index >= 15 is 0 Å². The molecule has 1 aliphatic rings. The SMILES string of the molecule is C#CCN(C)C(=O)C1(F)CCOC1. The van der Waals surface area contributed by atoms with Gasteiger partial charge in [-0.2, -0.15) is 0 Å². The zero-order valence-corrected chi connectivity index (χ0v) is 7.55. The highest BCUT2D eigenvalue weighted by Gasteiger charge is 2.44. The maximum Gasteiger partial charge on any atom is 0.263 e. The summed E-state index contributed by atoms with van der Waals surface area (Å²) >= 11 is 0. The van der Waals surface area contributed by atoms with Gasteiger partial charge in [-0.25, -0.2) is 4.39 Å². The van der Waals surface area contributed by atoms with Crippen LogP contribution in [0.5, 0.6) is 0 Å². The van der Waals surface area contributed by atoms with Gasteiger partial charge in [0.1, 0.15) is 0 Å². The zero-order chi connectivity index (χ0) is 9.90. The quantitative estimate of drug-likeness (QED) is 0.575. The van der Waals surface area contributed by atoms with E-state index in [1.165, 1.54) is 11.9 Å². The Morgan fingerprint density at radius 3 is 3.00 bits per heavy atom. The van der Waals surface area contributed by atoms with Gasteiger partial charge in [0.05, 0.1) is 19.8 Å². The van der Waals surface area contributed by atoms with Crippen molar-refractivity contribution < 1.29 is 13.9 Å². The highest BCUT2D eigenvalue weighted by Crippen LogP contribution is 2.25. The van der Waals surface area contributed by atoms with Gasteiger partial charge in [-0.3, -0.25) is 4.79 Å². The van der Waals surface area contributed by atoms with Crippen molar-refractivity contribution in [2.75, 3.05) is 26.8 Å². The summed E-state index contributed by atoms with van der Waals surface area (Å²) in [6.45, 7) is 0.275. The van der Waals surface area contributed by atoms with E-state index in [1.54, 1.807) is 0 Å². The number of alkyl halides is 1. The van der Waals surface area contributed by atoms with Crippen molar-refractivity contribution in [3.05, 3.63) is 0 Å². The topological polar surface area (TPSA) is 29.5 Å². The molecule has 1 unspecified atom stereocenters. The molecule has 0 aromatic carbocycles. The number of amides is 1. The third-order valence-electron chi connectivity index (χ3n) is 2.03. The van der Waals surface area contributed by atoms with Gasteiger partial charge in [-0.05, 0) is 0 Å². The molecule has 1 heterocycles.